The number of carbonyl (C=O) groups excluding carboxylic acids is 2. The number of benzene rings is 3. The first-order chi connectivity index (χ1) is 18.8. The van der Waals surface area contributed by atoms with Gasteiger partial charge in [-0.3, -0.25) is 14.5 Å². The number of anilines is 1. The maximum atomic E-state index is 13.6. The summed E-state index contributed by atoms with van der Waals surface area (Å²) < 4.78 is 27.3. The summed E-state index contributed by atoms with van der Waals surface area (Å²) >= 11 is 12.8. The Morgan fingerprint density at radius 2 is 1.56 bits per heavy atom. The maximum absolute atomic E-state index is 13.6. The molecule has 0 radical (unpaired) electrons. The molecule has 0 aliphatic carbocycles. The molecular formula is C28H23Cl2NO8. The Morgan fingerprint density at radius 1 is 0.897 bits per heavy atom. The Labute approximate surface area is 234 Å². The summed E-state index contributed by atoms with van der Waals surface area (Å²) in [6, 6.07) is 12.1. The largest absolute Gasteiger partial charge is 0.507 e. The van der Waals surface area contributed by atoms with Crippen molar-refractivity contribution < 1.29 is 38.4 Å². The third kappa shape index (κ3) is 4.47. The molecule has 0 aromatic heterocycles. The van der Waals surface area contributed by atoms with E-state index in [9.17, 15) is 14.7 Å². The van der Waals surface area contributed by atoms with Crippen LogP contribution in [0.25, 0.3) is 5.76 Å². The second-order valence-electron chi connectivity index (χ2n) is 8.56. The van der Waals surface area contributed by atoms with Gasteiger partial charge in [0.05, 0.1) is 43.5 Å². The lowest BCUT2D eigenvalue weighted by Gasteiger charge is -2.27. The number of carbonyl (C=O) groups is 2. The molecule has 2 heterocycles. The Kier molecular flexibility index (Phi) is 7.20. The van der Waals surface area contributed by atoms with Crippen LogP contribution < -0.4 is 28.6 Å². The molecule has 202 valence electrons. The molecule has 0 spiro atoms. The van der Waals surface area contributed by atoms with Gasteiger partial charge in [-0.05, 0) is 35.9 Å². The number of fused-ring (bicyclic) bond motifs is 1. The fourth-order valence-corrected chi connectivity index (χ4v) is 5.36. The fraction of sp³-hybridized carbons (Fsp3) is 0.214. The number of amides is 1. The normalized spacial score (nSPS) is 17.8. The van der Waals surface area contributed by atoms with Gasteiger partial charge in [0.15, 0.2) is 23.0 Å². The van der Waals surface area contributed by atoms with Gasteiger partial charge in [-0.2, -0.15) is 0 Å². The lowest BCUT2D eigenvalue weighted by atomic mass is 9.94. The summed E-state index contributed by atoms with van der Waals surface area (Å²) in [6.45, 7) is 0.744. The van der Waals surface area contributed by atoms with Gasteiger partial charge in [-0.15, -0.1) is 0 Å². The van der Waals surface area contributed by atoms with Crippen LogP contribution in [0.15, 0.2) is 54.1 Å². The number of methoxy groups -OCH3 is 3. The maximum Gasteiger partial charge on any atom is 0.300 e. The van der Waals surface area contributed by atoms with Crippen LogP contribution in [-0.4, -0.2) is 51.3 Å². The second kappa shape index (κ2) is 10.6. The molecule has 1 amide bonds. The van der Waals surface area contributed by atoms with E-state index in [0.29, 0.717) is 41.7 Å². The predicted molar refractivity (Wildman–Crippen MR) is 145 cm³/mol. The van der Waals surface area contributed by atoms with Gasteiger partial charge < -0.3 is 28.8 Å². The fourth-order valence-electron chi connectivity index (χ4n) is 4.67. The molecule has 2 aliphatic rings. The van der Waals surface area contributed by atoms with Gasteiger partial charge in [0, 0.05) is 11.8 Å². The van der Waals surface area contributed by atoms with Crippen LogP contribution in [0.1, 0.15) is 17.2 Å². The summed E-state index contributed by atoms with van der Waals surface area (Å²) in [5.41, 5.74) is 0.748. The van der Waals surface area contributed by atoms with Crippen LogP contribution in [0.3, 0.4) is 0 Å². The van der Waals surface area contributed by atoms with Crippen molar-refractivity contribution in [2.45, 2.75) is 6.04 Å². The number of ketones is 1. The number of nitrogens with zero attached hydrogens (tertiary/aromatic N) is 1. The van der Waals surface area contributed by atoms with Gasteiger partial charge in [0.2, 0.25) is 0 Å². The number of rotatable bonds is 6. The zero-order valence-corrected chi connectivity index (χ0v) is 22.6. The molecule has 0 saturated carbocycles. The third-order valence-corrected chi connectivity index (χ3v) is 7.10. The van der Waals surface area contributed by atoms with Gasteiger partial charge in [0.1, 0.15) is 29.7 Å². The summed E-state index contributed by atoms with van der Waals surface area (Å²) in [6.07, 6.45) is 0. The summed E-state index contributed by atoms with van der Waals surface area (Å²) in [5.74, 6) is -0.584. The van der Waals surface area contributed by atoms with E-state index in [2.05, 4.69) is 0 Å². The van der Waals surface area contributed by atoms with E-state index in [4.69, 9.17) is 46.9 Å². The van der Waals surface area contributed by atoms with Crippen LogP contribution in [0.2, 0.25) is 10.0 Å². The Balaban J connectivity index is 1.74. The average molecular weight is 572 g/mol. The average Bonchev–Trinajstić information content (AvgIpc) is 3.22. The van der Waals surface area contributed by atoms with E-state index >= 15 is 0 Å². The Morgan fingerprint density at radius 3 is 2.21 bits per heavy atom. The first kappa shape index (κ1) is 26.5. The minimum atomic E-state index is -1.03. The quantitative estimate of drug-likeness (QED) is 0.238. The van der Waals surface area contributed by atoms with Crippen molar-refractivity contribution in [3.8, 4) is 28.7 Å². The van der Waals surface area contributed by atoms with Crippen molar-refractivity contribution in [3.05, 3.63) is 75.3 Å². The van der Waals surface area contributed by atoms with Crippen molar-refractivity contribution in [2.75, 3.05) is 39.4 Å². The number of aliphatic hydroxyl groups excluding tert-OH is 1. The highest BCUT2D eigenvalue weighted by Crippen LogP contribution is 2.49. The predicted octanol–water partition coefficient (Wildman–Crippen LogP) is 5.42. The molecule has 1 saturated heterocycles. The van der Waals surface area contributed by atoms with Crippen molar-refractivity contribution in [1.82, 2.24) is 0 Å². The number of aliphatic hydroxyl groups is 1. The Hall–Kier alpha value is -4.08. The van der Waals surface area contributed by atoms with Gasteiger partial charge >= 0.3 is 0 Å². The molecular weight excluding hydrogens is 549 g/mol. The summed E-state index contributed by atoms with van der Waals surface area (Å²) in [5, 5.41) is 11.7. The molecule has 9 nitrogen and oxygen atoms in total. The van der Waals surface area contributed by atoms with Crippen molar-refractivity contribution >= 4 is 46.3 Å². The van der Waals surface area contributed by atoms with Gasteiger partial charge in [-0.25, -0.2) is 0 Å². The molecule has 39 heavy (non-hydrogen) atoms. The second-order valence-corrected chi connectivity index (χ2v) is 9.34. The number of halogens is 2. The lowest BCUT2D eigenvalue weighted by molar-refractivity contribution is -0.132. The van der Waals surface area contributed by atoms with Crippen LogP contribution in [0.5, 0.6) is 28.7 Å². The number of Topliss-reactive ketones (excluding diaryl/α,β-unsaturated/α-hetero) is 1. The topological polar surface area (TPSA) is 104 Å². The van der Waals surface area contributed by atoms with E-state index in [-0.39, 0.29) is 32.7 Å². The molecule has 1 fully saturated rings. The Bertz CT molecular complexity index is 1500. The minimum absolute atomic E-state index is 0.00360. The summed E-state index contributed by atoms with van der Waals surface area (Å²) in [7, 11) is 4.26. The molecule has 2 aliphatic heterocycles. The highest BCUT2D eigenvalue weighted by atomic mass is 35.5. The lowest BCUT2D eigenvalue weighted by Crippen LogP contribution is -2.29. The van der Waals surface area contributed by atoms with Gasteiger partial charge in [0.25, 0.3) is 11.7 Å². The zero-order chi connectivity index (χ0) is 27.8. The van der Waals surface area contributed by atoms with Crippen molar-refractivity contribution in [3.63, 3.8) is 0 Å². The molecule has 0 bridgehead atoms. The van der Waals surface area contributed by atoms with E-state index in [1.165, 1.54) is 32.3 Å². The number of hydrogen-bond acceptors (Lipinski definition) is 8. The monoisotopic (exact) mass is 571 g/mol. The van der Waals surface area contributed by atoms with Crippen LogP contribution >= 0.6 is 23.2 Å². The van der Waals surface area contributed by atoms with E-state index < -0.39 is 23.5 Å². The zero-order valence-electron chi connectivity index (χ0n) is 21.1. The van der Waals surface area contributed by atoms with Crippen LogP contribution in [0.4, 0.5) is 5.69 Å². The SMILES string of the molecule is COc1ccc(C2/C(=C(\O)c3cc(Cl)c(OC)c(Cl)c3OC)C(=O)C(=O)N2c2ccc3c(c2)OCCO3)cc1. The van der Waals surface area contributed by atoms with Crippen molar-refractivity contribution in [2.24, 2.45) is 0 Å². The smallest absolute Gasteiger partial charge is 0.300 e. The highest BCUT2D eigenvalue weighted by Gasteiger charge is 2.47. The first-order valence-corrected chi connectivity index (χ1v) is 12.5. The van der Waals surface area contributed by atoms with Crippen molar-refractivity contribution in [1.29, 1.82) is 0 Å². The molecule has 5 rings (SSSR count). The van der Waals surface area contributed by atoms with E-state index in [1.54, 1.807) is 42.5 Å². The molecule has 1 unspecified atom stereocenters. The number of hydrogen-bond donors (Lipinski definition) is 1. The molecule has 1 atom stereocenters. The molecule has 11 heteroatoms. The van der Waals surface area contributed by atoms with Crippen LogP contribution in [0, 0.1) is 0 Å². The highest BCUT2D eigenvalue weighted by molar-refractivity contribution is 6.52. The third-order valence-electron chi connectivity index (χ3n) is 6.47. The number of ether oxygens (including phenoxy) is 5. The van der Waals surface area contributed by atoms with Gasteiger partial charge in [-0.1, -0.05) is 35.3 Å². The van der Waals surface area contributed by atoms with Crippen LogP contribution in [-0.2, 0) is 9.59 Å². The summed E-state index contributed by atoms with van der Waals surface area (Å²) in [4.78, 5) is 28.4. The first-order valence-electron chi connectivity index (χ1n) is 11.8. The standard InChI is InChI=1S/C28H23Cl2NO8/c1-35-16-7-4-14(5-8-16)23-21(24(32)17-13-18(29)27(37-3)22(30)26(17)36-2)25(33)28(34)31(23)15-6-9-19-20(12-15)39-11-10-38-19/h4-9,12-13,23,32H,10-11H2,1-3H3/b24-21+. The van der Waals surface area contributed by atoms with E-state index in [1.807, 2.05) is 0 Å². The molecule has 3 aromatic rings. The van der Waals surface area contributed by atoms with E-state index in [0.717, 1.165) is 0 Å². The molecule has 3 aromatic carbocycles. The molecule has 1 N–H and O–H groups in total. The minimum Gasteiger partial charge on any atom is -0.507 e.